The van der Waals surface area contributed by atoms with E-state index in [4.69, 9.17) is 5.11 Å². The van der Waals surface area contributed by atoms with Gasteiger partial charge in [0, 0.05) is 19.6 Å². The molecule has 1 atom stereocenters. The first-order valence-corrected chi connectivity index (χ1v) is 3.95. The van der Waals surface area contributed by atoms with E-state index in [1.807, 2.05) is 0 Å². The first-order chi connectivity index (χ1) is 6.16. The number of hydrogen-bond acceptors (Lipinski definition) is 4. The Hall–Kier alpha value is -1.30. The molecule has 6 heteroatoms. The lowest BCUT2D eigenvalue weighted by Crippen LogP contribution is -2.56. The highest BCUT2D eigenvalue weighted by molar-refractivity contribution is 5.80. The zero-order valence-electron chi connectivity index (χ0n) is 7.32. The van der Waals surface area contributed by atoms with Crippen LogP contribution in [0, 0.1) is 0 Å². The van der Waals surface area contributed by atoms with Crippen LogP contribution in [0.3, 0.4) is 0 Å². The van der Waals surface area contributed by atoms with Crippen molar-refractivity contribution in [3.05, 3.63) is 0 Å². The Labute approximate surface area is 75.5 Å². The number of aliphatic carboxylic acids is 1. The van der Waals surface area contributed by atoms with Crippen molar-refractivity contribution in [2.45, 2.75) is 6.04 Å². The second kappa shape index (κ2) is 4.08. The summed E-state index contributed by atoms with van der Waals surface area (Å²) in [4.78, 5) is 23.0. The van der Waals surface area contributed by atoms with Crippen LogP contribution in [0.25, 0.3) is 0 Å². The van der Waals surface area contributed by atoms with E-state index in [1.165, 1.54) is 12.0 Å². The number of carbonyl (C=O) groups is 2. The van der Waals surface area contributed by atoms with Crippen LogP contribution in [0.1, 0.15) is 0 Å². The van der Waals surface area contributed by atoms with Crippen molar-refractivity contribution >= 4 is 12.1 Å². The molecule has 13 heavy (non-hydrogen) atoms. The second-order valence-electron chi connectivity index (χ2n) is 2.72. The summed E-state index contributed by atoms with van der Waals surface area (Å²) in [5, 5.41) is 11.7. The fourth-order valence-electron chi connectivity index (χ4n) is 1.26. The van der Waals surface area contributed by atoms with Crippen molar-refractivity contribution in [2.75, 3.05) is 26.7 Å². The molecule has 0 aromatic carbocycles. The molecular weight excluding hydrogens is 176 g/mol. The fraction of sp³-hybridized carbons (Fsp3) is 0.714. The Kier molecular flexibility index (Phi) is 3.07. The van der Waals surface area contributed by atoms with E-state index in [2.05, 4.69) is 10.1 Å². The standard InChI is InChI=1S/C7H12N2O4/c1-13-7(12)9-3-2-8-4-5(9)6(10)11/h5,8H,2-4H2,1H3,(H,10,11). The summed E-state index contributed by atoms with van der Waals surface area (Å²) < 4.78 is 4.47. The molecule has 0 aromatic heterocycles. The average Bonchev–Trinajstić information content (AvgIpc) is 2.16. The summed E-state index contributed by atoms with van der Waals surface area (Å²) in [5.74, 6) is -1.02. The third kappa shape index (κ3) is 2.09. The van der Waals surface area contributed by atoms with Gasteiger partial charge in [-0.2, -0.15) is 0 Å². The number of nitrogens with one attached hydrogen (secondary N) is 1. The van der Waals surface area contributed by atoms with Gasteiger partial charge in [-0.05, 0) is 0 Å². The zero-order valence-corrected chi connectivity index (χ0v) is 7.32. The summed E-state index contributed by atoms with van der Waals surface area (Å²) in [7, 11) is 1.24. The monoisotopic (exact) mass is 188 g/mol. The molecular formula is C7H12N2O4. The normalized spacial score (nSPS) is 22.5. The minimum absolute atomic E-state index is 0.268. The van der Waals surface area contributed by atoms with E-state index in [0.29, 0.717) is 13.1 Å². The maximum atomic E-state index is 11.1. The minimum Gasteiger partial charge on any atom is -0.480 e. The molecule has 1 rings (SSSR count). The van der Waals surface area contributed by atoms with Crippen molar-refractivity contribution in [1.82, 2.24) is 10.2 Å². The van der Waals surface area contributed by atoms with Crippen LogP contribution in [0.5, 0.6) is 0 Å². The van der Waals surface area contributed by atoms with Crippen LogP contribution in [0.15, 0.2) is 0 Å². The number of amides is 1. The number of nitrogens with zero attached hydrogens (tertiary/aromatic N) is 1. The van der Waals surface area contributed by atoms with Crippen LogP contribution < -0.4 is 5.32 Å². The topological polar surface area (TPSA) is 78.9 Å². The Balaban J connectivity index is 2.67. The molecule has 1 aliphatic rings. The van der Waals surface area contributed by atoms with E-state index in [1.54, 1.807) is 0 Å². The Morgan fingerprint density at radius 1 is 1.62 bits per heavy atom. The highest BCUT2D eigenvalue weighted by Gasteiger charge is 2.32. The van der Waals surface area contributed by atoms with E-state index >= 15 is 0 Å². The van der Waals surface area contributed by atoms with Crippen molar-refractivity contribution in [3.8, 4) is 0 Å². The molecule has 0 saturated carbocycles. The molecule has 0 spiro atoms. The maximum absolute atomic E-state index is 11.1. The number of methoxy groups -OCH3 is 1. The van der Waals surface area contributed by atoms with Crippen molar-refractivity contribution in [1.29, 1.82) is 0 Å². The van der Waals surface area contributed by atoms with Crippen molar-refractivity contribution in [2.24, 2.45) is 0 Å². The number of carboxylic acid groups (broad SMARTS) is 1. The molecule has 2 N–H and O–H groups in total. The van der Waals surface area contributed by atoms with E-state index in [-0.39, 0.29) is 6.54 Å². The van der Waals surface area contributed by atoms with Crippen LogP contribution in [0.2, 0.25) is 0 Å². The fourth-order valence-corrected chi connectivity index (χ4v) is 1.26. The van der Waals surface area contributed by atoms with Crippen molar-refractivity contribution in [3.63, 3.8) is 0 Å². The maximum Gasteiger partial charge on any atom is 0.410 e. The van der Waals surface area contributed by atoms with E-state index in [9.17, 15) is 9.59 Å². The summed E-state index contributed by atoms with van der Waals surface area (Å²) in [6, 6.07) is -0.818. The Bertz CT molecular complexity index is 219. The number of rotatable bonds is 1. The molecule has 0 aromatic rings. The largest absolute Gasteiger partial charge is 0.480 e. The van der Waals surface area contributed by atoms with Gasteiger partial charge < -0.3 is 15.2 Å². The van der Waals surface area contributed by atoms with Gasteiger partial charge in [0.25, 0.3) is 0 Å². The lowest BCUT2D eigenvalue weighted by Gasteiger charge is -2.31. The highest BCUT2D eigenvalue weighted by atomic mass is 16.5. The second-order valence-corrected chi connectivity index (χ2v) is 2.72. The van der Waals surface area contributed by atoms with Crippen LogP contribution >= 0.6 is 0 Å². The van der Waals surface area contributed by atoms with Crippen molar-refractivity contribution < 1.29 is 19.4 Å². The zero-order chi connectivity index (χ0) is 9.84. The minimum atomic E-state index is -1.02. The summed E-state index contributed by atoms with van der Waals surface area (Å²) in [6.07, 6.45) is -0.589. The average molecular weight is 188 g/mol. The predicted molar refractivity (Wildman–Crippen MR) is 43.4 cm³/mol. The highest BCUT2D eigenvalue weighted by Crippen LogP contribution is 2.05. The van der Waals surface area contributed by atoms with Gasteiger partial charge in [-0.25, -0.2) is 9.59 Å². The summed E-state index contributed by atoms with van der Waals surface area (Å²) in [5.41, 5.74) is 0. The van der Waals surface area contributed by atoms with Crippen LogP contribution in [-0.2, 0) is 9.53 Å². The van der Waals surface area contributed by atoms with Gasteiger partial charge in [0.2, 0.25) is 0 Å². The number of piperazine rings is 1. The lowest BCUT2D eigenvalue weighted by atomic mass is 10.2. The molecule has 6 nitrogen and oxygen atoms in total. The summed E-state index contributed by atoms with van der Waals surface area (Å²) >= 11 is 0. The Morgan fingerprint density at radius 2 is 2.31 bits per heavy atom. The Morgan fingerprint density at radius 3 is 2.85 bits per heavy atom. The summed E-state index contributed by atoms with van der Waals surface area (Å²) in [6.45, 7) is 1.23. The smallest absolute Gasteiger partial charge is 0.410 e. The molecule has 1 fully saturated rings. The van der Waals surface area contributed by atoms with Crippen LogP contribution in [-0.4, -0.2) is 54.9 Å². The molecule has 1 heterocycles. The molecule has 0 radical (unpaired) electrons. The van der Waals surface area contributed by atoms with Gasteiger partial charge in [0.05, 0.1) is 7.11 Å². The quantitative estimate of drug-likeness (QED) is 0.558. The number of hydrogen-bond donors (Lipinski definition) is 2. The third-order valence-corrected chi connectivity index (χ3v) is 1.94. The SMILES string of the molecule is COC(=O)N1CCNCC1C(=O)O. The lowest BCUT2D eigenvalue weighted by molar-refractivity contribution is -0.143. The van der Waals surface area contributed by atoms with E-state index < -0.39 is 18.1 Å². The molecule has 0 aliphatic carbocycles. The van der Waals surface area contributed by atoms with E-state index in [0.717, 1.165) is 0 Å². The number of carboxylic acids is 1. The predicted octanol–water partition coefficient (Wildman–Crippen LogP) is -0.889. The van der Waals surface area contributed by atoms with Crippen LogP contribution in [0.4, 0.5) is 4.79 Å². The third-order valence-electron chi connectivity index (χ3n) is 1.94. The van der Waals surface area contributed by atoms with Gasteiger partial charge in [-0.1, -0.05) is 0 Å². The number of carbonyl (C=O) groups excluding carboxylic acids is 1. The molecule has 1 aliphatic heterocycles. The van der Waals surface area contributed by atoms with Gasteiger partial charge in [-0.15, -0.1) is 0 Å². The molecule has 1 unspecified atom stereocenters. The van der Waals surface area contributed by atoms with Gasteiger partial charge in [-0.3, -0.25) is 4.90 Å². The van der Waals surface area contributed by atoms with Gasteiger partial charge in [0.1, 0.15) is 6.04 Å². The molecule has 1 saturated heterocycles. The molecule has 74 valence electrons. The van der Waals surface area contributed by atoms with Gasteiger partial charge >= 0.3 is 12.1 Å². The number of ether oxygens (including phenoxy) is 1. The molecule has 0 bridgehead atoms. The van der Waals surface area contributed by atoms with Gasteiger partial charge in [0.15, 0.2) is 0 Å². The first-order valence-electron chi connectivity index (χ1n) is 3.95. The molecule has 1 amide bonds. The first kappa shape index (κ1) is 9.79.